The van der Waals surface area contributed by atoms with E-state index >= 15 is 0 Å². The highest BCUT2D eigenvalue weighted by Gasteiger charge is 2.29. The first-order valence-corrected chi connectivity index (χ1v) is 8.34. The number of benzene rings is 1. The Bertz CT molecular complexity index is 910. The number of carbonyl (C=O) groups is 1. The van der Waals surface area contributed by atoms with Crippen LogP contribution in [-0.2, 0) is 6.54 Å². The number of fused-ring (bicyclic) bond motifs is 1. The van der Waals surface area contributed by atoms with Crippen molar-refractivity contribution in [3.8, 4) is 11.5 Å². The van der Waals surface area contributed by atoms with E-state index in [-0.39, 0.29) is 17.7 Å². The van der Waals surface area contributed by atoms with E-state index in [4.69, 9.17) is 4.74 Å². The lowest BCUT2D eigenvalue weighted by Gasteiger charge is -2.33. The first kappa shape index (κ1) is 16.1. The van der Waals surface area contributed by atoms with Crippen molar-refractivity contribution in [3.05, 3.63) is 72.3 Å². The van der Waals surface area contributed by atoms with Gasteiger partial charge in [-0.15, -0.1) is 0 Å². The quantitative estimate of drug-likeness (QED) is 0.781. The van der Waals surface area contributed by atoms with Crippen molar-refractivity contribution in [2.45, 2.75) is 12.6 Å². The molecule has 2 aromatic heterocycles. The molecule has 0 fully saturated rings. The van der Waals surface area contributed by atoms with Crippen LogP contribution in [0.15, 0.2) is 61.1 Å². The highest BCUT2D eigenvalue weighted by Crippen LogP contribution is 2.24. The molecule has 1 aromatic carbocycles. The van der Waals surface area contributed by atoms with Crippen molar-refractivity contribution in [2.24, 2.45) is 0 Å². The number of hydrogen-bond acceptors (Lipinski definition) is 5. The van der Waals surface area contributed by atoms with E-state index in [1.165, 1.54) is 6.07 Å². The summed E-state index contributed by atoms with van der Waals surface area (Å²) in [6.45, 7) is 1.32. The molecule has 1 unspecified atom stereocenters. The normalized spacial score (nSPS) is 16.2. The van der Waals surface area contributed by atoms with Crippen molar-refractivity contribution < 1.29 is 14.6 Å². The molecule has 1 aliphatic rings. The minimum Gasteiger partial charge on any atom is -0.508 e. The van der Waals surface area contributed by atoms with Gasteiger partial charge in [0.15, 0.2) is 0 Å². The number of carbonyl (C=O) groups excluding carboxylic acids is 1. The molecule has 4 rings (SSSR count). The zero-order valence-electron chi connectivity index (χ0n) is 14.0. The second-order valence-corrected chi connectivity index (χ2v) is 6.16. The number of nitrogens with zero attached hydrogens (tertiary/aromatic N) is 4. The van der Waals surface area contributed by atoms with Gasteiger partial charge in [0.25, 0.3) is 5.91 Å². The van der Waals surface area contributed by atoms with Crippen LogP contribution >= 0.6 is 0 Å². The number of phenolic OH excluding ortho intramolecular Hbond substituents is 1. The van der Waals surface area contributed by atoms with Gasteiger partial charge in [0.1, 0.15) is 24.1 Å². The lowest BCUT2D eigenvalue weighted by Crippen LogP contribution is -2.43. The molecule has 7 nitrogen and oxygen atoms in total. The Morgan fingerprint density at radius 3 is 2.96 bits per heavy atom. The standard InChI is InChI=1S/C19H18N4O3/c24-17-4-1-3-14(9-17)19(25)22-11-15-6-8-21-23(15)16(12-22)13-26-18-5-2-7-20-10-18/h1-10,16,24H,11-13H2. The molecular formula is C19H18N4O3. The van der Waals surface area contributed by atoms with Crippen LogP contribution in [0.25, 0.3) is 0 Å². The summed E-state index contributed by atoms with van der Waals surface area (Å²) in [6, 6.07) is 11.9. The Labute approximate surface area is 150 Å². The molecule has 1 atom stereocenters. The highest BCUT2D eigenvalue weighted by molar-refractivity contribution is 5.94. The van der Waals surface area contributed by atoms with Crippen LogP contribution in [0.3, 0.4) is 0 Å². The summed E-state index contributed by atoms with van der Waals surface area (Å²) in [4.78, 5) is 18.6. The molecule has 3 heterocycles. The second-order valence-electron chi connectivity index (χ2n) is 6.16. The zero-order valence-corrected chi connectivity index (χ0v) is 14.0. The SMILES string of the molecule is O=C(c1cccc(O)c1)N1Cc2ccnn2C(COc2cccnc2)C1. The van der Waals surface area contributed by atoms with Crippen LogP contribution in [0.1, 0.15) is 22.1 Å². The van der Waals surface area contributed by atoms with Crippen LogP contribution in [0.2, 0.25) is 0 Å². The maximum Gasteiger partial charge on any atom is 0.254 e. The molecule has 0 radical (unpaired) electrons. The molecule has 1 N–H and O–H groups in total. The van der Waals surface area contributed by atoms with Crippen molar-refractivity contribution in [1.29, 1.82) is 0 Å². The molecule has 1 amide bonds. The van der Waals surface area contributed by atoms with Gasteiger partial charge in [-0.05, 0) is 36.4 Å². The summed E-state index contributed by atoms with van der Waals surface area (Å²) in [5, 5.41) is 14.0. The molecule has 26 heavy (non-hydrogen) atoms. The summed E-state index contributed by atoms with van der Waals surface area (Å²) in [6.07, 6.45) is 5.08. The number of amides is 1. The first-order valence-electron chi connectivity index (χ1n) is 8.34. The van der Waals surface area contributed by atoms with E-state index in [1.807, 2.05) is 22.9 Å². The van der Waals surface area contributed by atoms with Crippen molar-refractivity contribution in [2.75, 3.05) is 13.2 Å². The van der Waals surface area contributed by atoms with Crippen molar-refractivity contribution in [1.82, 2.24) is 19.7 Å². The molecule has 0 spiro atoms. The van der Waals surface area contributed by atoms with Gasteiger partial charge in [-0.3, -0.25) is 14.5 Å². The van der Waals surface area contributed by atoms with E-state index < -0.39 is 0 Å². The molecule has 0 bridgehead atoms. The highest BCUT2D eigenvalue weighted by atomic mass is 16.5. The van der Waals surface area contributed by atoms with Crippen LogP contribution in [0.5, 0.6) is 11.5 Å². The maximum atomic E-state index is 12.8. The minimum atomic E-state index is -0.125. The Balaban J connectivity index is 1.53. The maximum absolute atomic E-state index is 12.8. The van der Waals surface area contributed by atoms with E-state index in [9.17, 15) is 9.90 Å². The second kappa shape index (κ2) is 6.87. The first-order chi connectivity index (χ1) is 12.7. The van der Waals surface area contributed by atoms with E-state index in [0.29, 0.717) is 31.0 Å². The third-order valence-electron chi connectivity index (χ3n) is 4.34. The summed E-state index contributed by atoms with van der Waals surface area (Å²) in [5.41, 5.74) is 1.41. The van der Waals surface area contributed by atoms with Gasteiger partial charge < -0.3 is 14.7 Å². The smallest absolute Gasteiger partial charge is 0.254 e. The Morgan fingerprint density at radius 1 is 1.23 bits per heavy atom. The number of pyridine rings is 1. The molecular weight excluding hydrogens is 332 g/mol. The van der Waals surface area contributed by atoms with E-state index in [1.54, 1.807) is 41.7 Å². The van der Waals surface area contributed by atoms with Crippen molar-refractivity contribution >= 4 is 5.91 Å². The number of ether oxygens (including phenoxy) is 1. The number of phenols is 1. The van der Waals surface area contributed by atoms with Crippen LogP contribution in [0, 0.1) is 0 Å². The Morgan fingerprint density at radius 2 is 2.15 bits per heavy atom. The number of hydrogen-bond donors (Lipinski definition) is 1. The average Bonchev–Trinajstić information content (AvgIpc) is 3.15. The third-order valence-corrected chi connectivity index (χ3v) is 4.34. The fourth-order valence-electron chi connectivity index (χ4n) is 3.11. The number of aromatic nitrogens is 3. The van der Waals surface area contributed by atoms with Gasteiger partial charge in [-0.1, -0.05) is 6.07 Å². The predicted molar refractivity (Wildman–Crippen MR) is 93.8 cm³/mol. The third kappa shape index (κ3) is 3.23. The number of aromatic hydroxyl groups is 1. The van der Waals surface area contributed by atoms with E-state index in [0.717, 1.165) is 5.69 Å². The van der Waals surface area contributed by atoms with Gasteiger partial charge in [0.2, 0.25) is 0 Å². The molecule has 1 aliphatic heterocycles. The lowest BCUT2D eigenvalue weighted by molar-refractivity contribution is 0.0632. The summed E-state index contributed by atoms with van der Waals surface area (Å²) >= 11 is 0. The Kier molecular flexibility index (Phi) is 4.27. The average molecular weight is 350 g/mol. The van der Waals surface area contributed by atoms with Crippen molar-refractivity contribution in [3.63, 3.8) is 0 Å². The fraction of sp³-hybridized carbons (Fsp3) is 0.211. The topological polar surface area (TPSA) is 80.5 Å². The summed E-state index contributed by atoms with van der Waals surface area (Å²) in [5.74, 6) is 0.631. The van der Waals surface area contributed by atoms with E-state index in [2.05, 4.69) is 10.1 Å². The lowest BCUT2D eigenvalue weighted by atomic mass is 10.1. The number of rotatable bonds is 4. The molecule has 0 saturated carbocycles. The van der Waals surface area contributed by atoms with Crippen LogP contribution in [0.4, 0.5) is 0 Å². The molecule has 0 aliphatic carbocycles. The van der Waals surface area contributed by atoms with Crippen LogP contribution in [-0.4, -0.2) is 43.8 Å². The summed E-state index contributed by atoms with van der Waals surface area (Å²) in [7, 11) is 0. The fourth-order valence-corrected chi connectivity index (χ4v) is 3.11. The van der Waals surface area contributed by atoms with Gasteiger partial charge in [0.05, 0.1) is 18.4 Å². The predicted octanol–water partition coefficient (Wildman–Crippen LogP) is 2.26. The zero-order chi connectivity index (χ0) is 17.9. The van der Waals surface area contributed by atoms with Gasteiger partial charge in [-0.2, -0.15) is 5.10 Å². The molecule has 3 aromatic rings. The largest absolute Gasteiger partial charge is 0.508 e. The van der Waals surface area contributed by atoms with Gasteiger partial charge >= 0.3 is 0 Å². The molecule has 7 heteroatoms. The Hall–Kier alpha value is -3.35. The van der Waals surface area contributed by atoms with Gasteiger partial charge in [0, 0.05) is 24.5 Å². The summed E-state index contributed by atoms with van der Waals surface area (Å²) < 4.78 is 7.73. The van der Waals surface area contributed by atoms with Crippen LogP contribution < -0.4 is 4.74 Å². The molecule has 0 saturated heterocycles. The minimum absolute atomic E-state index is 0.0781. The van der Waals surface area contributed by atoms with Gasteiger partial charge in [-0.25, -0.2) is 0 Å². The monoisotopic (exact) mass is 350 g/mol. The molecule has 132 valence electrons.